The normalized spacial score (nSPS) is 30.6. The maximum atomic E-state index is 12.3. The number of hydrogen-bond donors (Lipinski definition) is 5. The molecule has 0 aliphatic carbocycles. The summed E-state index contributed by atoms with van der Waals surface area (Å²) in [5, 5.41) is 16.5. The molecule has 21 heteroatoms. The van der Waals surface area contributed by atoms with E-state index in [1.807, 2.05) is 0 Å². The highest BCUT2D eigenvalue weighted by atomic mass is 79.9. The lowest BCUT2D eigenvalue weighted by molar-refractivity contribution is 0.0187. The molecule has 5 atom stereocenters. The van der Waals surface area contributed by atoms with Crippen LogP contribution in [0, 0.1) is 0 Å². The third-order valence-corrected chi connectivity index (χ3v) is 7.17. The van der Waals surface area contributed by atoms with Gasteiger partial charge in [-0.1, -0.05) is 85.5 Å². The Labute approximate surface area is 238 Å². The van der Waals surface area contributed by atoms with Crippen molar-refractivity contribution in [1.82, 2.24) is 20.3 Å². The summed E-state index contributed by atoms with van der Waals surface area (Å²) in [6, 6.07) is -2.40. The maximum Gasteiger partial charge on any atom is 0.414 e. The first-order chi connectivity index (χ1) is 16.0. The van der Waals surface area contributed by atoms with Crippen molar-refractivity contribution in [2.45, 2.75) is 37.5 Å². The summed E-state index contributed by atoms with van der Waals surface area (Å²) in [6.07, 6.45) is -2.28. The highest BCUT2D eigenvalue weighted by molar-refractivity contribution is 9.09. The average Bonchev–Trinajstić information content (AvgIpc) is 3.21. The zero-order valence-corrected chi connectivity index (χ0v) is 24.0. The van der Waals surface area contributed by atoms with Gasteiger partial charge in [0.1, 0.15) is 25.4 Å². The summed E-state index contributed by atoms with van der Waals surface area (Å²) in [5.74, 6) is -0.329. The molecule has 0 radical (unpaired) electrons. The number of hydrogen-bond acceptors (Lipinski definition) is 11. The Morgan fingerprint density at radius 3 is 2.46 bits per heavy atom. The van der Waals surface area contributed by atoms with E-state index in [0.29, 0.717) is 0 Å². The van der Waals surface area contributed by atoms with Gasteiger partial charge in [0.2, 0.25) is 19.5 Å². The van der Waals surface area contributed by atoms with Crippen LogP contribution in [0.2, 0.25) is 0 Å². The van der Waals surface area contributed by atoms with Gasteiger partial charge in [0.15, 0.2) is 5.66 Å². The molecule has 3 aliphatic heterocycles. The maximum absolute atomic E-state index is 12.3. The number of halogens is 7. The number of carbonyl (C=O) groups is 1. The fourth-order valence-electron chi connectivity index (χ4n) is 3.73. The predicted octanol–water partition coefficient (Wildman–Crippen LogP) is 0.465. The van der Waals surface area contributed by atoms with Crippen LogP contribution in [0.5, 0.6) is 0 Å². The van der Waals surface area contributed by atoms with Crippen LogP contribution in [0.4, 0.5) is 4.79 Å². The third-order valence-electron chi connectivity index (χ3n) is 4.98. The lowest BCUT2D eigenvalue weighted by Gasteiger charge is -2.46. The van der Waals surface area contributed by atoms with Gasteiger partial charge in [0, 0.05) is 11.9 Å². The number of ether oxygens (including phenoxy) is 1. The molecule has 1 saturated heterocycles. The van der Waals surface area contributed by atoms with Crippen LogP contribution in [0.15, 0.2) is 9.98 Å². The minimum absolute atomic E-state index is 0.00254. The zero-order valence-electron chi connectivity index (χ0n) is 17.1. The summed E-state index contributed by atoms with van der Waals surface area (Å²) in [4.78, 5) is 22.5. The van der Waals surface area contributed by atoms with Crippen LogP contribution in [0.3, 0.4) is 0 Å². The number of aliphatic hydroxyl groups is 1. The lowest BCUT2D eigenvalue weighted by Crippen LogP contribution is -2.73. The molecular formula is C14H18BrCl6N7O6S. The highest BCUT2D eigenvalue weighted by Crippen LogP contribution is 2.40. The number of aliphatic hydroxyl groups excluding tert-OH is 1. The third kappa shape index (κ3) is 6.93. The van der Waals surface area contributed by atoms with Gasteiger partial charge in [-0.2, -0.15) is 8.42 Å². The van der Waals surface area contributed by atoms with Crippen molar-refractivity contribution >= 4 is 114 Å². The number of nitrogens with zero attached hydrogens (tertiary/aromatic N) is 3. The second-order valence-corrected chi connectivity index (χ2v) is 14.5. The number of guanidine groups is 2. The SMILES string of the molecule is N[C@H]1CN2C(NC(=O)OCC(Cl)(Cl)Cl)=N[C@@H](CBr)[C@@H]3N=C(NS(=O)(=O)OCC(Cl)(Cl)Cl)N[C@@]32[C@H]1O. The average molecular weight is 705 g/mol. The van der Waals surface area contributed by atoms with E-state index < -0.39 is 67.1 Å². The molecule has 6 N–H and O–H groups in total. The smallest absolute Gasteiger partial charge is 0.414 e. The van der Waals surface area contributed by atoms with E-state index in [9.17, 15) is 18.3 Å². The number of nitrogens with one attached hydrogen (secondary N) is 3. The molecule has 35 heavy (non-hydrogen) atoms. The topological polar surface area (TPSA) is 180 Å². The first-order valence-electron chi connectivity index (χ1n) is 9.43. The number of aliphatic imine (C=N–C) groups is 2. The monoisotopic (exact) mass is 701 g/mol. The summed E-state index contributed by atoms with van der Waals surface area (Å²) >= 11 is 36.7. The number of carbonyl (C=O) groups excluding carboxylic acids is 1. The minimum Gasteiger partial charge on any atom is -0.445 e. The van der Waals surface area contributed by atoms with Crippen LogP contribution in [0.25, 0.3) is 0 Å². The van der Waals surface area contributed by atoms with Crippen molar-refractivity contribution in [2.75, 3.05) is 25.1 Å². The van der Waals surface area contributed by atoms with E-state index in [-0.39, 0.29) is 23.8 Å². The van der Waals surface area contributed by atoms with E-state index in [1.165, 1.54) is 4.90 Å². The van der Waals surface area contributed by atoms with Crippen molar-refractivity contribution < 1.29 is 27.2 Å². The summed E-state index contributed by atoms with van der Waals surface area (Å²) in [6.45, 7) is -1.31. The lowest BCUT2D eigenvalue weighted by atomic mass is 9.89. The van der Waals surface area contributed by atoms with Gasteiger partial charge in [-0.25, -0.2) is 23.7 Å². The second kappa shape index (κ2) is 10.7. The summed E-state index contributed by atoms with van der Waals surface area (Å²) in [7, 11) is -4.49. The first-order valence-corrected chi connectivity index (χ1v) is 14.2. The second-order valence-electron chi connectivity index (χ2n) is 7.52. The van der Waals surface area contributed by atoms with Crippen molar-refractivity contribution in [3.63, 3.8) is 0 Å². The standard InChI is InChI=1S/C14H18BrCl6N7O6S/c15-1-6-7-14(26-9(24-7)27-35(31,32)34-4-13(19,20)21)8(29)5(22)2-28(14)10(23-6)25-11(30)33-3-12(16,17)18/h5-8,29H,1-4,22H2,(H,23,25,30)(H2,24,26,27)/t5-,6-,7-,8-,14-/m0/s1. The summed E-state index contributed by atoms with van der Waals surface area (Å²) in [5.41, 5.74) is 4.60. The molecule has 1 amide bonds. The van der Waals surface area contributed by atoms with Crippen LogP contribution < -0.4 is 21.1 Å². The Morgan fingerprint density at radius 1 is 1.26 bits per heavy atom. The molecule has 3 rings (SSSR count). The fourth-order valence-corrected chi connectivity index (χ4v) is 5.48. The van der Waals surface area contributed by atoms with Gasteiger partial charge in [-0.05, 0) is 0 Å². The van der Waals surface area contributed by atoms with E-state index in [4.69, 9.17) is 80.1 Å². The van der Waals surface area contributed by atoms with E-state index in [0.717, 1.165) is 0 Å². The zero-order chi connectivity index (χ0) is 26.4. The molecule has 0 bridgehead atoms. The number of rotatable bonds is 5. The Bertz CT molecular complexity index is 1010. The van der Waals surface area contributed by atoms with E-state index in [2.05, 4.69) is 45.5 Å². The van der Waals surface area contributed by atoms with E-state index in [1.54, 1.807) is 0 Å². The molecule has 3 aliphatic rings. The first kappa shape index (κ1) is 29.6. The Morgan fingerprint density at radius 2 is 1.89 bits per heavy atom. The molecule has 3 heterocycles. The molecule has 0 unspecified atom stereocenters. The largest absolute Gasteiger partial charge is 0.445 e. The predicted molar refractivity (Wildman–Crippen MR) is 136 cm³/mol. The Balaban J connectivity index is 1.85. The molecular weight excluding hydrogens is 687 g/mol. The van der Waals surface area contributed by atoms with E-state index >= 15 is 0 Å². The van der Waals surface area contributed by atoms with Crippen LogP contribution in [0.1, 0.15) is 0 Å². The van der Waals surface area contributed by atoms with Crippen molar-refractivity contribution in [1.29, 1.82) is 0 Å². The van der Waals surface area contributed by atoms with Gasteiger partial charge >= 0.3 is 16.4 Å². The molecule has 0 aromatic heterocycles. The van der Waals surface area contributed by atoms with Crippen molar-refractivity contribution in [2.24, 2.45) is 15.7 Å². The molecule has 1 spiro atoms. The molecule has 0 saturated carbocycles. The van der Waals surface area contributed by atoms with Gasteiger partial charge in [-0.15, -0.1) is 0 Å². The van der Waals surface area contributed by atoms with Gasteiger partial charge in [0.25, 0.3) is 0 Å². The quantitative estimate of drug-likeness (QED) is 0.254. The van der Waals surface area contributed by atoms with Crippen molar-refractivity contribution in [3.05, 3.63) is 0 Å². The van der Waals surface area contributed by atoms with Crippen LogP contribution in [-0.4, -0.2) is 99.0 Å². The number of nitrogens with two attached hydrogens (primary N) is 1. The van der Waals surface area contributed by atoms with Gasteiger partial charge < -0.3 is 25.8 Å². The van der Waals surface area contributed by atoms with Crippen LogP contribution in [-0.2, 0) is 19.2 Å². The minimum atomic E-state index is -4.49. The number of amides is 1. The van der Waals surface area contributed by atoms with Gasteiger partial charge in [-0.3, -0.25) is 5.32 Å². The fraction of sp³-hybridized carbons (Fsp3) is 0.786. The number of alkyl halides is 7. The highest BCUT2D eigenvalue weighted by Gasteiger charge is 2.65. The summed E-state index contributed by atoms with van der Waals surface area (Å²) < 4.78 is 32.4. The van der Waals surface area contributed by atoms with Crippen LogP contribution >= 0.6 is 85.5 Å². The molecule has 0 aromatic rings. The Kier molecular flexibility index (Phi) is 9.03. The molecule has 1 fully saturated rings. The van der Waals surface area contributed by atoms with Crippen molar-refractivity contribution in [3.8, 4) is 0 Å². The van der Waals surface area contributed by atoms with Gasteiger partial charge in [0.05, 0.1) is 12.1 Å². The molecule has 200 valence electrons. The molecule has 13 nitrogen and oxygen atoms in total. The molecule has 0 aromatic carbocycles. The number of alkyl carbamates (subject to hydrolysis) is 1. The Hall–Kier alpha value is 0.0600.